The number of nitrogens with one attached hydrogen (secondary N) is 1. The molecule has 0 spiro atoms. The number of imide groups is 1. The number of aromatic nitrogens is 1. The van der Waals surface area contributed by atoms with Gasteiger partial charge in [0.05, 0.1) is 11.1 Å². The van der Waals surface area contributed by atoms with E-state index in [9.17, 15) is 14.4 Å². The summed E-state index contributed by atoms with van der Waals surface area (Å²) >= 11 is 19.1. The predicted octanol–water partition coefficient (Wildman–Crippen LogP) is 4.94. The maximum absolute atomic E-state index is 13.7. The van der Waals surface area contributed by atoms with Crippen LogP contribution in [-0.4, -0.2) is 63.0 Å². The molecule has 2 aliphatic rings. The van der Waals surface area contributed by atoms with E-state index in [0.29, 0.717) is 34.3 Å². The fraction of sp³-hybridized carbons (Fsp3) is 0.500. The van der Waals surface area contributed by atoms with Gasteiger partial charge in [0.1, 0.15) is 12.6 Å². The third kappa shape index (κ3) is 5.16. The van der Waals surface area contributed by atoms with Crippen molar-refractivity contribution in [2.75, 3.05) is 20.1 Å². The molecule has 2 atom stereocenters. The lowest BCUT2D eigenvalue weighted by Gasteiger charge is -2.40. The van der Waals surface area contributed by atoms with Crippen molar-refractivity contribution in [1.29, 1.82) is 0 Å². The van der Waals surface area contributed by atoms with E-state index in [1.807, 2.05) is 0 Å². The SMILES string of the molecule is CCCCCCN(C(=O)N1CC(=O)N(C)C(c2cc[nH]c2)C1=O)C1=C(Cl)CC(Cl)=CC1Cl. The van der Waals surface area contributed by atoms with E-state index in [4.69, 9.17) is 34.8 Å². The number of likely N-dealkylation sites (N-methyl/N-ethyl adjacent to an activating group) is 1. The van der Waals surface area contributed by atoms with Crippen LogP contribution in [0.15, 0.2) is 40.3 Å². The van der Waals surface area contributed by atoms with E-state index in [-0.39, 0.29) is 18.9 Å². The van der Waals surface area contributed by atoms with Gasteiger partial charge in [-0.15, -0.1) is 11.6 Å². The Bertz CT molecular complexity index is 929. The van der Waals surface area contributed by atoms with Crippen molar-refractivity contribution in [2.45, 2.75) is 50.4 Å². The molecule has 1 N–H and O–H groups in total. The number of carbonyl (C=O) groups excluding carboxylic acids is 3. The summed E-state index contributed by atoms with van der Waals surface area (Å²) in [5, 5.41) is 0.143. The number of H-pyrrole nitrogens is 1. The Morgan fingerprint density at radius 1 is 1.25 bits per heavy atom. The number of urea groups is 1. The van der Waals surface area contributed by atoms with E-state index >= 15 is 0 Å². The van der Waals surface area contributed by atoms with E-state index in [1.165, 1.54) is 9.80 Å². The van der Waals surface area contributed by atoms with Gasteiger partial charge in [-0.3, -0.25) is 19.4 Å². The number of alkyl halides is 1. The molecule has 0 saturated carbocycles. The van der Waals surface area contributed by atoms with E-state index < -0.39 is 23.4 Å². The second kappa shape index (κ2) is 10.8. The summed E-state index contributed by atoms with van der Waals surface area (Å²) in [6, 6.07) is 0.231. The molecule has 7 nitrogen and oxygen atoms in total. The third-order valence-corrected chi connectivity index (χ3v) is 6.61. The molecule has 4 amide bonds. The molecule has 2 unspecified atom stereocenters. The number of hydrogen-bond acceptors (Lipinski definition) is 3. The van der Waals surface area contributed by atoms with Gasteiger partial charge in [-0.25, -0.2) is 4.79 Å². The van der Waals surface area contributed by atoms with Crippen LogP contribution in [-0.2, 0) is 9.59 Å². The first kappa shape index (κ1) is 24.7. The Hall–Kier alpha value is -1.96. The van der Waals surface area contributed by atoms with Crippen molar-refractivity contribution in [3.8, 4) is 0 Å². The Labute approximate surface area is 202 Å². The van der Waals surface area contributed by atoms with E-state index in [0.717, 1.165) is 24.2 Å². The quantitative estimate of drug-likeness (QED) is 0.424. The van der Waals surface area contributed by atoms with Crippen molar-refractivity contribution in [2.24, 2.45) is 0 Å². The van der Waals surface area contributed by atoms with Crippen LogP contribution in [0.5, 0.6) is 0 Å². The van der Waals surface area contributed by atoms with Gasteiger partial charge in [-0.2, -0.15) is 0 Å². The number of halogens is 3. The number of amides is 4. The average molecular weight is 502 g/mol. The predicted molar refractivity (Wildman–Crippen MR) is 125 cm³/mol. The maximum Gasteiger partial charge on any atom is 0.331 e. The smallest absolute Gasteiger partial charge is 0.331 e. The molecule has 1 aliphatic heterocycles. The molecular formula is C22H27Cl3N4O3. The van der Waals surface area contributed by atoms with Crippen LogP contribution in [0.1, 0.15) is 50.6 Å². The summed E-state index contributed by atoms with van der Waals surface area (Å²) in [5.41, 5.74) is 1.02. The molecule has 0 bridgehead atoms. The standard InChI is InChI=1S/C22H27Cl3N4O3/c1-3-4-5-6-9-28(20-16(24)10-15(23)11-17(20)25)22(32)29-13-18(30)27(2)19(21(29)31)14-7-8-26-12-14/h7-8,10,12,16,19,26H,3-6,9,11,13H2,1-2H3. The van der Waals surface area contributed by atoms with Gasteiger partial charge < -0.3 is 9.88 Å². The Balaban J connectivity index is 1.92. The molecule has 174 valence electrons. The molecule has 1 aromatic rings. The molecule has 10 heteroatoms. The van der Waals surface area contributed by atoms with Gasteiger partial charge in [0, 0.05) is 48.0 Å². The minimum absolute atomic E-state index is 0.266. The highest BCUT2D eigenvalue weighted by Gasteiger charge is 2.44. The van der Waals surface area contributed by atoms with Crippen molar-refractivity contribution < 1.29 is 14.4 Å². The first-order chi connectivity index (χ1) is 15.3. The first-order valence-electron chi connectivity index (χ1n) is 10.7. The molecule has 32 heavy (non-hydrogen) atoms. The highest BCUT2D eigenvalue weighted by atomic mass is 35.5. The minimum Gasteiger partial charge on any atom is -0.367 e. The van der Waals surface area contributed by atoms with Crippen LogP contribution in [0.3, 0.4) is 0 Å². The number of piperazine rings is 1. The zero-order valence-electron chi connectivity index (χ0n) is 18.1. The summed E-state index contributed by atoms with van der Waals surface area (Å²) < 4.78 is 0. The molecule has 2 heterocycles. The maximum atomic E-state index is 13.7. The van der Waals surface area contributed by atoms with Crippen LogP contribution in [0.25, 0.3) is 0 Å². The molecule has 1 aliphatic carbocycles. The topological polar surface area (TPSA) is 76.7 Å². The second-order valence-corrected chi connectivity index (χ2v) is 9.36. The highest BCUT2D eigenvalue weighted by Crippen LogP contribution is 2.36. The number of rotatable bonds is 7. The molecular weight excluding hydrogens is 475 g/mol. The largest absolute Gasteiger partial charge is 0.367 e. The van der Waals surface area contributed by atoms with Crippen LogP contribution in [0, 0.1) is 0 Å². The Morgan fingerprint density at radius 3 is 2.62 bits per heavy atom. The summed E-state index contributed by atoms with van der Waals surface area (Å²) in [4.78, 5) is 46.4. The Kier molecular flexibility index (Phi) is 8.31. The van der Waals surface area contributed by atoms with Gasteiger partial charge in [0.25, 0.3) is 5.91 Å². The number of carbonyl (C=O) groups is 3. The van der Waals surface area contributed by atoms with Crippen LogP contribution in [0.4, 0.5) is 4.79 Å². The zero-order chi connectivity index (χ0) is 23.4. The van der Waals surface area contributed by atoms with Crippen LogP contribution >= 0.6 is 34.8 Å². The fourth-order valence-electron chi connectivity index (χ4n) is 3.96. The number of nitrogens with zero attached hydrogens (tertiary/aromatic N) is 3. The summed E-state index contributed by atoms with van der Waals surface area (Å²) in [7, 11) is 1.56. The number of unbranched alkanes of at least 4 members (excludes halogenated alkanes) is 3. The minimum atomic E-state index is -0.884. The van der Waals surface area contributed by atoms with Crippen molar-refractivity contribution in [3.05, 3.63) is 45.9 Å². The average Bonchev–Trinajstić information content (AvgIpc) is 3.26. The van der Waals surface area contributed by atoms with Gasteiger partial charge in [-0.05, 0) is 18.6 Å². The number of allylic oxidation sites excluding steroid dienone is 3. The summed E-state index contributed by atoms with van der Waals surface area (Å²) in [5.74, 6) is -0.799. The van der Waals surface area contributed by atoms with Crippen LogP contribution in [0.2, 0.25) is 0 Å². The Morgan fingerprint density at radius 2 is 2.00 bits per heavy atom. The normalized spacial score (nSPS) is 21.8. The van der Waals surface area contributed by atoms with E-state index in [2.05, 4.69) is 11.9 Å². The van der Waals surface area contributed by atoms with Crippen LogP contribution < -0.4 is 0 Å². The third-order valence-electron chi connectivity index (χ3n) is 5.69. The lowest BCUT2D eigenvalue weighted by Crippen LogP contribution is -2.59. The van der Waals surface area contributed by atoms with Gasteiger partial charge in [0.2, 0.25) is 5.91 Å². The molecule has 0 radical (unpaired) electrons. The fourth-order valence-corrected chi connectivity index (χ4v) is 5.17. The molecule has 1 saturated heterocycles. The van der Waals surface area contributed by atoms with Crippen molar-refractivity contribution in [1.82, 2.24) is 19.7 Å². The van der Waals surface area contributed by atoms with Crippen molar-refractivity contribution in [3.63, 3.8) is 0 Å². The molecule has 0 aromatic carbocycles. The molecule has 3 rings (SSSR count). The number of aromatic amines is 1. The molecule has 1 aromatic heterocycles. The van der Waals surface area contributed by atoms with Gasteiger partial charge >= 0.3 is 6.03 Å². The lowest BCUT2D eigenvalue weighted by atomic mass is 10.0. The van der Waals surface area contributed by atoms with Gasteiger partial charge in [0.15, 0.2) is 0 Å². The molecule has 1 fully saturated rings. The van der Waals surface area contributed by atoms with E-state index in [1.54, 1.807) is 31.6 Å². The first-order valence-corrected chi connectivity index (χ1v) is 11.9. The summed E-state index contributed by atoms with van der Waals surface area (Å²) in [6.45, 7) is 2.09. The summed E-state index contributed by atoms with van der Waals surface area (Å²) in [6.07, 6.45) is 8.90. The number of hydrogen-bond donors (Lipinski definition) is 1. The van der Waals surface area contributed by atoms with Gasteiger partial charge in [-0.1, -0.05) is 49.4 Å². The second-order valence-electron chi connectivity index (χ2n) is 7.95. The zero-order valence-corrected chi connectivity index (χ0v) is 20.4. The lowest BCUT2D eigenvalue weighted by molar-refractivity contribution is -0.152. The van der Waals surface area contributed by atoms with Crippen molar-refractivity contribution >= 4 is 52.6 Å². The highest BCUT2D eigenvalue weighted by molar-refractivity contribution is 6.36. The monoisotopic (exact) mass is 500 g/mol.